The van der Waals surface area contributed by atoms with Gasteiger partial charge in [-0.05, 0) is 55.6 Å². The van der Waals surface area contributed by atoms with Crippen LogP contribution in [-0.2, 0) is 16.1 Å². The number of rotatable bonds is 6. The molecule has 6 rings (SSSR count). The maximum absolute atomic E-state index is 13.4. The number of nitrogens with one attached hydrogen (secondary N) is 1. The highest BCUT2D eigenvalue weighted by molar-refractivity contribution is 6.04. The molecule has 2 aliphatic carbocycles. The van der Waals surface area contributed by atoms with Gasteiger partial charge in [0.15, 0.2) is 5.69 Å². The van der Waals surface area contributed by atoms with Gasteiger partial charge in [-0.3, -0.25) is 24.0 Å². The van der Waals surface area contributed by atoms with E-state index in [0.717, 1.165) is 25.7 Å². The van der Waals surface area contributed by atoms with E-state index >= 15 is 0 Å². The molecule has 0 radical (unpaired) electrons. The molecular weight excluding hydrogens is 444 g/mol. The number of nitrogens with zero attached hydrogens (tertiary/aromatic N) is 4. The van der Waals surface area contributed by atoms with E-state index in [4.69, 9.17) is 5.73 Å². The average Bonchev–Trinajstić information content (AvgIpc) is 3.20. The molecule has 9 nitrogen and oxygen atoms in total. The van der Waals surface area contributed by atoms with Gasteiger partial charge in [0.05, 0.1) is 11.7 Å². The van der Waals surface area contributed by atoms with Crippen LogP contribution in [-0.4, -0.2) is 55.5 Å². The second-order valence-corrected chi connectivity index (χ2v) is 10.0. The van der Waals surface area contributed by atoms with Gasteiger partial charge in [-0.15, -0.1) is 0 Å². The van der Waals surface area contributed by atoms with Crippen molar-refractivity contribution in [3.8, 4) is 0 Å². The van der Waals surface area contributed by atoms with Crippen molar-refractivity contribution in [3.05, 3.63) is 60.0 Å². The van der Waals surface area contributed by atoms with E-state index in [2.05, 4.69) is 39.7 Å². The summed E-state index contributed by atoms with van der Waals surface area (Å²) in [5.74, 6) is -0.0505. The minimum atomic E-state index is -0.654. The van der Waals surface area contributed by atoms with Crippen LogP contribution in [0.4, 0.5) is 0 Å². The third-order valence-corrected chi connectivity index (χ3v) is 7.82. The third-order valence-electron chi connectivity index (χ3n) is 7.82. The van der Waals surface area contributed by atoms with Gasteiger partial charge < -0.3 is 16.0 Å². The number of aromatic nitrogens is 3. The molecule has 0 spiro atoms. The Morgan fingerprint density at radius 2 is 1.89 bits per heavy atom. The number of amides is 3. The highest BCUT2D eigenvalue weighted by atomic mass is 16.2. The van der Waals surface area contributed by atoms with Crippen molar-refractivity contribution in [2.24, 2.45) is 11.7 Å². The fraction of sp³-hybridized carbons (Fsp3) is 0.423. The first-order valence-electron chi connectivity index (χ1n) is 12.3. The zero-order chi connectivity index (χ0) is 24.1. The molecule has 3 N–H and O–H groups in total. The fourth-order valence-corrected chi connectivity index (χ4v) is 6.02. The largest absolute Gasteiger partial charge is 0.364 e. The van der Waals surface area contributed by atoms with Gasteiger partial charge in [-0.2, -0.15) is 5.10 Å². The number of hydrogen-bond acceptors (Lipinski definition) is 5. The van der Waals surface area contributed by atoms with E-state index in [1.165, 1.54) is 10.2 Å². The van der Waals surface area contributed by atoms with E-state index < -0.39 is 11.9 Å². The number of nitrogens with two attached hydrogens (primary N) is 1. The molecule has 3 heterocycles. The summed E-state index contributed by atoms with van der Waals surface area (Å²) in [5, 5.41) is 8.08. The third kappa shape index (κ3) is 3.94. The molecule has 0 bridgehead atoms. The summed E-state index contributed by atoms with van der Waals surface area (Å²) in [5.41, 5.74) is 7.48. The van der Waals surface area contributed by atoms with Crippen molar-refractivity contribution in [3.63, 3.8) is 0 Å². The Morgan fingerprint density at radius 1 is 1.06 bits per heavy atom. The first-order chi connectivity index (χ1) is 17.0. The Morgan fingerprint density at radius 3 is 2.69 bits per heavy atom. The number of primary amides is 1. The first-order valence-corrected chi connectivity index (χ1v) is 12.3. The quantitative estimate of drug-likeness (QED) is 0.568. The molecule has 5 atom stereocenters. The minimum Gasteiger partial charge on any atom is -0.364 e. The smallest absolute Gasteiger partial charge is 0.269 e. The van der Waals surface area contributed by atoms with Gasteiger partial charge in [0.2, 0.25) is 11.8 Å². The topological polar surface area (TPSA) is 123 Å². The van der Waals surface area contributed by atoms with Crippen LogP contribution in [0.2, 0.25) is 0 Å². The second-order valence-electron chi connectivity index (χ2n) is 10.0. The first kappa shape index (κ1) is 21.8. The molecule has 1 saturated heterocycles. The lowest BCUT2D eigenvalue weighted by molar-refractivity contribution is -0.140. The minimum absolute atomic E-state index is 0.0610. The van der Waals surface area contributed by atoms with E-state index in [9.17, 15) is 14.4 Å². The molecule has 3 aliphatic rings. The summed E-state index contributed by atoms with van der Waals surface area (Å²) in [6.45, 7) is -0.0675. The van der Waals surface area contributed by atoms with Crippen molar-refractivity contribution in [1.29, 1.82) is 0 Å². The highest BCUT2D eigenvalue weighted by Crippen LogP contribution is 2.48. The number of benzene rings is 1. The molecule has 35 heavy (non-hydrogen) atoms. The molecule has 2 aromatic heterocycles. The summed E-state index contributed by atoms with van der Waals surface area (Å²) in [7, 11) is 0. The van der Waals surface area contributed by atoms with E-state index in [-0.39, 0.29) is 36.1 Å². The monoisotopic (exact) mass is 472 g/mol. The van der Waals surface area contributed by atoms with Crippen molar-refractivity contribution in [2.75, 3.05) is 0 Å². The Kier molecular flexibility index (Phi) is 5.27. The van der Waals surface area contributed by atoms with Gasteiger partial charge in [0.1, 0.15) is 12.6 Å². The van der Waals surface area contributed by atoms with Crippen molar-refractivity contribution < 1.29 is 14.4 Å². The lowest BCUT2D eigenvalue weighted by atomic mass is 9.97. The lowest BCUT2D eigenvalue weighted by Gasteiger charge is -2.28. The number of likely N-dealkylation sites (tertiary alicyclic amines) is 1. The standard InChI is InChI=1S/C26H28N6O3/c27-25(34)24-19-8-9-28-13-22(19)31(30-24)14-23(33)32-20-11-17(20)12-21(32)26(35)29-18-7-6-16(10-18)15-4-2-1-3-5-15/h1-5,8-9,13,16-18,20-21H,6-7,10-12,14H2,(H2,27,34)(H,29,35)/t16-,17-,18+,20-,21+/m1/s1. The zero-order valence-electron chi connectivity index (χ0n) is 19.3. The number of piperidine rings is 1. The van der Waals surface area contributed by atoms with Crippen LogP contribution in [0, 0.1) is 5.92 Å². The number of hydrogen-bond donors (Lipinski definition) is 2. The van der Waals surface area contributed by atoms with E-state index in [0.29, 0.717) is 29.2 Å². The number of carbonyl (C=O) groups is 3. The van der Waals surface area contributed by atoms with E-state index in [1.54, 1.807) is 23.4 Å². The molecule has 0 unspecified atom stereocenters. The maximum atomic E-state index is 13.4. The average molecular weight is 473 g/mol. The van der Waals surface area contributed by atoms with Crippen LogP contribution in [0.1, 0.15) is 54.1 Å². The molecule has 1 aromatic carbocycles. The number of carbonyl (C=O) groups excluding carboxylic acids is 3. The SMILES string of the molecule is NC(=O)c1nn(CC(=O)N2[C@@H]3C[C@@H]3C[C@H]2C(=O)N[C@H]2CC[C@@H](c3ccccc3)C2)c2cnccc12. The summed E-state index contributed by atoms with van der Waals surface area (Å²) in [6, 6.07) is 11.9. The summed E-state index contributed by atoms with van der Waals surface area (Å²) in [6.07, 6.45) is 7.68. The summed E-state index contributed by atoms with van der Waals surface area (Å²) in [4.78, 5) is 44.4. The van der Waals surface area contributed by atoms with Gasteiger partial charge in [0, 0.05) is 23.7 Å². The molecule has 3 amide bonds. The van der Waals surface area contributed by atoms with Gasteiger partial charge in [-0.25, -0.2) is 0 Å². The molecule has 180 valence electrons. The van der Waals surface area contributed by atoms with E-state index in [1.807, 2.05) is 6.07 Å². The second kappa shape index (κ2) is 8.48. The Bertz CT molecular complexity index is 1300. The fourth-order valence-electron chi connectivity index (χ4n) is 6.02. The molecule has 9 heteroatoms. The lowest BCUT2D eigenvalue weighted by Crippen LogP contribution is -2.50. The Hall–Kier alpha value is -3.75. The molecule has 3 fully saturated rings. The van der Waals surface area contributed by atoms with Crippen LogP contribution in [0.3, 0.4) is 0 Å². The zero-order valence-corrected chi connectivity index (χ0v) is 19.3. The maximum Gasteiger partial charge on any atom is 0.269 e. The Balaban J connectivity index is 1.15. The van der Waals surface area contributed by atoms with Crippen LogP contribution in [0.25, 0.3) is 10.9 Å². The molecule has 1 aliphatic heterocycles. The summed E-state index contributed by atoms with van der Waals surface area (Å²) >= 11 is 0. The summed E-state index contributed by atoms with van der Waals surface area (Å²) < 4.78 is 1.47. The van der Waals surface area contributed by atoms with Gasteiger partial charge >= 0.3 is 0 Å². The van der Waals surface area contributed by atoms with Crippen LogP contribution >= 0.6 is 0 Å². The highest BCUT2D eigenvalue weighted by Gasteiger charge is 2.56. The van der Waals surface area contributed by atoms with Crippen molar-refractivity contribution in [1.82, 2.24) is 25.0 Å². The van der Waals surface area contributed by atoms with Gasteiger partial charge in [0.25, 0.3) is 5.91 Å². The predicted molar refractivity (Wildman–Crippen MR) is 128 cm³/mol. The molecule has 3 aromatic rings. The number of pyridine rings is 1. The molecule has 2 saturated carbocycles. The predicted octanol–water partition coefficient (Wildman–Crippen LogP) is 1.97. The van der Waals surface area contributed by atoms with Crippen molar-refractivity contribution >= 4 is 28.6 Å². The Labute approximate surface area is 202 Å². The van der Waals surface area contributed by atoms with Gasteiger partial charge in [-0.1, -0.05) is 30.3 Å². The number of fused-ring (bicyclic) bond motifs is 2. The van der Waals surface area contributed by atoms with Crippen LogP contribution in [0.5, 0.6) is 0 Å². The van der Waals surface area contributed by atoms with Crippen LogP contribution in [0.15, 0.2) is 48.8 Å². The normalized spacial score (nSPS) is 27.1. The molecular formula is C26H28N6O3. The van der Waals surface area contributed by atoms with Crippen LogP contribution < -0.4 is 11.1 Å². The van der Waals surface area contributed by atoms with Crippen molar-refractivity contribution in [2.45, 2.75) is 62.7 Å².